The fraction of sp³-hybridized carbons (Fsp3) is 0.571. The van der Waals surface area contributed by atoms with Crippen LogP contribution in [0.15, 0.2) is 48.5 Å². The number of imide groups is 1. The molecule has 2 atom stereocenters. The number of likely N-dealkylation sites (tertiary alicyclic amines) is 1. The van der Waals surface area contributed by atoms with Gasteiger partial charge in [0.1, 0.15) is 6.54 Å². The van der Waals surface area contributed by atoms with Crippen molar-refractivity contribution in [3.05, 3.63) is 70.8 Å². The average molecular weight is 544 g/mol. The second kappa shape index (κ2) is 13.6. The van der Waals surface area contributed by atoms with Gasteiger partial charge in [-0.25, -0.2) is 0 Å². The monoisotopic (exact) mass is 543 g/mol. The zero-order valence-electron chi connectivity index (χ0n) is 24.1. The van der Waals surface area contributed by atoms with Crippen molar-refractivity contribution in [2.24, 2.45) is 11.8 Å². The first-order valence-corrected chi connectivity index (χ1v) is 15.8. The molecule has 2 aromatic rings. The Morgan fingerprint density at radius 1 is 0.625 bits per heavy atom. The number of ether oxygens (including phenoxy) is 1. The molecule has 1 saturated heterocycles. The van der Waals surface area contributed by atoms with Gasteiger partial charge in [0.2, 0.25) is 11.8 Å². The van der Waals surface area contributed by atoms with Gasteiger partial charge in [-0.05, 0) is 28.7 Å². The summed E-state index contributed by atoms with van der Waals surface area (Å²) in [5, 5.41) is 0. The van der Waals surface area contributed by atoms with Crippen LogP contribution in [-0.4, -0.2) is 35.8 Å². The molecule has 40 heavy (non-hydrogen) atoms. The molecule has 0 saturated carbocycles. The highest BCUT2D eigenvalue weighted by molar-refractivity contribution is 6.09. The van der Waals surface area contributed by atoms with Gasteiger partial charge >= 0.3 is 5.97 Å². The smallest absolute Gasteiger partial charge is 0.326 e. The van der Waals surface area contributed by atoms with Crippen LogP contribution < -0.4 is 0 Å². The minimum atomic E-state index is -0.485. The Morgan fingerprint density at radius 2 is 1.00 bits per heavy atom. The van der Waals surface area contributed by atoms with Gasteiger partial charge in [-0.15, -0.1) is 0 Å². The lowest BCUT2D eigenvalue weighted by molar-refractivity contribution is -0.153. The Balaban J connectivity index is 1.04. The van der Waals surface area contributed by atoms with Crippen molar-refractivity contribution in [3.63, 3.8) is 0 Å². The van der Waals surface area contributed by atoms with Crippen molar-refractivity contribution >= 4 is 17.8 Å². The van der Waals surface area contributed by atoms with E-state index in [-0.39, 0.29) is 30.2 Å². The van der Waals surface area contributed by atoms with E-state index in [1.807, 2.05) is 24.3 Å². The first-order chi connectivity index (χ1) is 19.6. The molecule has 214 valence electrons. The number of unbranched alkanes of at least 4 members (excludes halogenated alkanes) is 12. The van der Waals surface area contributed by atoms with E-state index in [9.17, 15) is 14.4 Å². The molecule has 1 fully saturated rings. The number of esters is 1. The second-order valence-electron chi connectivity index (χ2n) is 12.0. The fourth-order valence-electron chi connectivity index (χ4n) is 7.38. The van der Waals surface area contributed by atoms with Gasteiger partial charge in [0, 0.05) is 11.8 Å². The van der Waals surface area contributed by atoms with E-state index in [1.54, 1.807) is 0 Å². The Morgan fingerprint density at radius 3 is 1.40 bits per heavy atom. The summed E-state index contributed by atoms with van der Waals surface area (Å²) in [5.41, 5.74) is 4.56. The maximum absolute atomic E-state index is 13.6. The number of rotatable bonds is 16. The van der Waals surface area contributed by atoms with Crippen LogP contribution in [-0.2, 0) is 19.1 Å². The van der Waals surface area contributed by atoms with Crippen LogP contribution in [0.4, 0.5) is 0 Å². The molecule has 0 N–H and O–H groups in total. The number of hydrogen-bond acceptors (Lipinski definition) is 4. The summed E-state index contributed by atoms with van der Waals surface area (Å²) in [4.78, 5) is 41.0. The zero-order chi connectivity index (χ0) is 27.9. The van der Waals surface area contributed by atoms with E-state index in [1.165, 1.54) is 69.1 Å². The molecule has 5 heteroatoms. The second-order valence-corrected chi connectivity index (χ2v) is 12.0. The van der Waals surface area contributed by atoms with Crippen LogP contribution in [0.2, 0.25) is 0 Å². The molecule has 0 aromatic heterocycles. The lowest BCUT2D eigenvalue weighted by atomic mass is 9.55. The number of nitrogens with zero attached hydrogens (tertiary/aromatic N) is 1. The molecule has 0 spiro atoms. The molecular formula is C35H45NO4. The molecule has 4 aliphatic rings. The lowest BCUT2D eigenvalue weighted by Crippen LogP contribution is -2.41. The van der Waals surface area contributed by atoms with Gasteiger partial charge in [0.15, 0.2) is 0 Å². The van der Waals surface area contributed by atoms with Crippen molar-refractivity contribution in [3.8, 4) is 0 Å². The zero-order valence-corrected chi connectivity index (χ0v) is 24.1. The number of carbonyl (C=O) groups is 3. The van der Waals surface area contributed by atoms with Crippen molar-refractivity contribution in [2.45, 2.75) is 102 Å². The van der Waals surface area contributed by atoms with Gasteiger partial charge in [-0.2, -0.15) is 0 Å². The first-order valence-electron chi connectivity index (χ1n) is 15.8. The van der Waals surface area contributed by atoms with Crippen molar-refractivity contribution in [1.82, 2.24) is 4.90 Å². The average Bonchev–Trinajstić information content (AvgIpc) is 3.22. The predicted molar refractivity (Wildman–Crippen MR) is 157 cm³/mol. The summed E-state index contributed by atoms with van der Waals surface area (Å²) in [7, 11) is 0. The first kappa shape index (κ1) is 28.6. The Hall–Kier alpha value is -2.95. The van der Waals surface area contributed by atoms with Gasteiger partial charge in [0.05, 0.1) is 18.4 Å². The fourth-order valence-corrected chi connectivity index (χ4v) is 7.38. The summed E-state index contributed by atoms with van der Waals surface area (Å²) < 4.78 is 5.46. The van der Waals surface area contributed by atoms with E-state index in [0.717, 1.165) is 41.5 Å². The van der Waals surface area contributed by atoms with Crippen molar-refractivity contribution < 1.29 is 19.1 Å². The molecular weight excluding hydrogens is 498 g/mol. The molecule has 2 amide bonds. The number of carbonyl (C=O) groups excluding carboxylic acids is 3. The summed E-state index contributed by atoms with van der Waals surface area (Å²) in [6.45, 7) is 2.33. The maximum Gasteiger partial charge on any atom is 0.326 e. The van der Waals surface area contributed by atoms with E-state index in [4.69, 9.17) is 4.74 Å². The largest absolute Gasteiger partial charge is 0.464 e. The van der Waals surface area contributed by atoms with Crippen LogP contribution in [0.3, 0.4) is 0 Å². The molecule has 2 bridgehead atoms. The molecule has 2 unspecified atom stereocenters. The summed E-state index contributed by atoms with van der Waals surface area (Å²) in [6.07, 6.45) is 16.4. The third-order valence-corrected chi connectivity index (χ3v) is 9.34. The van der Waals surface area contributed by atoms with E-state index in [2.05, 4.69) is 31.2 Å². The molecule has 5 nitrogen and oxygen atoms in total. The number of amides is 2. The summed E-state index contributed by atoms with van der Waals surface area (Å²) in [5.74, 6) is -2.14. The third-order valence-electron chi connectivity index (χ3n) is 9.34. The van der Waals surface area contributed by atoms with Crippen molar-refractivity contribution in [1.29, 1.82) is 0 Å². The molecule has 2 aromatic carbocycles. The number of benzene rings is 2. The van der Waals surface area contributed by atoms with Crippen LogP contribution in [0, 0.1) is 11.8 Å². The highest BCUT2D eigenvalue weighted by Gasteiger charge is 2.61. The Bertz CT molecular complexity index is 1070. The molecule has 0 radical (unpaired) electrons. The highest BCUT2D eigenvalue weighted by Crippen LogP contribution is 2.60. The van der Waals surface area contributed by atoms with Crippen LogP contribution in [0.25, 0.3) is 0 Å². The SMILES string of the molecule is CCCCCCCCCCCCCCCOC(=O)CN1C(=O)C2C3c4ccccc4C(c4ccccc43)C2C1=O. The lowest BCUT2D eigenvalue weighted by Gasteiger charge is -2.45. The van der Waals surface area contributed by atoms with Gasteiger partial charge in [-0.3, -0.25) is 19.3 Å². The standard InChI is InChI=1S/C35H45NO4/c1-2-3-4-5-6-7-8-9-10-11-12-13-18-23-40-29(37)24-36-34(38)32-30-25-19-14-15-20-26(25)31(33(32)35(36)39)28-22-17-16-21-27(28)30/h14-17,19-22,30-33H,2-13,18,23-24H2,1H3. The third kappa shape index (κ3) is 5.89. The Kier molecular flexibility index (Phi) is 9.72. The van der Waals surface area contributed by atoms with Crippen LogP contribution >= 0.6 is 0 Å². The van der Waals surface area contributed by atoms with Gasteiger partial charge in [0.25, 0.3) is 0 Å². The Labute approximate surface area is 239 Å². The normalized spacial score (nSPS) is 22.3. The maximum atomic E-state index is 13.6. The van der Waals surface area contributed by atoms with Crippen LogP contribution in [0.5, 0.6) is 0 Å². The van der Waals surface area contributed by atoms with Gasteiger partial charge in [-0.1, -0.05) is 133 Å². The quantitative estimate of drug-likeness (QED) is 0.125. The van der Waals surface area contributed by atoms with E-state index in [0.29, 0.717) is 6.61 Å². The van der Waals surface area contributed by atoms with E-state index < -0.39 is 17.8 Å². The van der Waals surface area contributed by atoms with Crippen LogP contribution in [0.1, 0.15) is 124 Å². The van der Waals surface area contributed by atoms with Gasteiger partial charge < -0.3 is 4.74 Å². The molecule has 1 heterocycles. The van der Waals surface area contributed by atoms with E-state index >= 15 is 0 Å². The minimum absolute atomic E-state index is 0.148. The predicted octanol–water partition coefficient (Wildman–Crippen LogP) is 7.51. The summed E-state index contributed by atoms with van der Waals surface area (Å²) in [6, 6.07) is 16.4. The summed E-state index contributed by atoms with van der Waals surface area (Å²) >= 11 is 0. The molecule has 6 rings (SSSR count). The highest BCUT2D eigenvalue weighted by atomic mass is 16.5. The molecule has 3 aliphatic carbocycles. The number of hydrogen-bond donors (Lipinski definition) is 0. The topological polar surface area (TPSA) is 63.7 Å². The minimum Gasteiger partial charge on any atom is -0.464 e. The van der Waals surface area contributed by atoms with Crippen molar-refractivity contribution in [2.75, 3.05) is 13.2 Å². The molecule has 1 aliphatic heterocycles.